The standard InChI is InChI=1S/C17H29N3O/c1-17(21,14-19(2)3)13-18-15-9-11-20(12-10-15)16-7-5-4-6-8-16/h4-8,15,18,21H,9-14H2,1-3H3. The average molecular weight is 291 g/mol. The molecule has 0 aromatic heterocycles. The van der Waals surface area contributed by atoms with Crippen LogP contribution in [0.4, 0.5) is 5.69 Å². The van der Waals surface area contributed by atoms with E-state index in [1.807, 2.05) is 25.9 Å². The summed E-state index contributed by atoms with van der Waals surface area (Å²) in [5.74, 6) is 0. The van der Waals surface area contributed by atoms with Crippen LogP contribution in [-0.4, -0.2) is 61.9 Å². The Morgan fingerprint density at radius 2 is 1.86 bits per heavy atom. The predicted octanol–water partition coefficient (Wildman–Crippen LogP) is 1.56. The summed E-state index contributed by atoms with van der Waals surface area (Å²) in [5.41, 5.74) is 0.649. The summed E-state index contributed by atoms with van der Waals surface area (Å²) >= 11 is 0. The highest BCUT2D eigenvalue weighted by Crippen LogP contribution is 2.19. The van der Waals surface area contributed by atoms with E-state index in [2.05, 4.69) is 40.5 Å². The van der Waals surface area contributed by atoms with Crippen LogP contribution in [0.3, 0.4) is 0 Å². The molecule has 4 nitrogen and oxygen atoms in total. The Balaban J connectivity index is 1.74. The first-order valence-corrected chi connectivity index (χ1v) is 7.87. The van der Waals surface area contributed by atoms with Gasteiger partial charge in [-0.2, -0.15) is 0 Å². The van der Waals surface area contributed by atoms with Crippen molar-refractivity contribution in [3.05, 3.63) is 30.3 Å². The third-order valence-electron chi connectivity index (χ3n) is 4.04. The number of piperidine rings is 1. The van der Waals surface area contributed by atoms with Gasteiger partial charge in [-0.1, -0.05) is 18.2 Å². The zero-order chi connectivity index (χ0) is 15.3. The van der Waals surface area contributed by atoms with Gasteiger partial charge in [0.2, 0.25) is 0 Å². The Labute approximate surface area is 128 Å². The number of para-hydroxylation sites is 1. The fraction of sp³-hybridized carbons (Fsp3) is 0.647. The molecule has 1 aromatic rings. The van der Waals surface area contributed by atoms with Gasteiger partial charge in [-0.3, -0.25) is 0 Å². The lowest BCUT2D eigenvalue weighted by atomic mass is 10.0. The normalized spacial score (nSPS) is 19.8. The van der Waals surface area contributed by atoms with Crippen molar-refractivity contribution in [3.8, 4) is 0 Å². The van der Waals surface area contributed by atoms with Crippen LogP contribution in [0.15, 0.2) is 30.3 Å². The Bertz CT molecular complexity index is 411. The SMILES string of the molecule is CN(C)CC(C)(O)CNC1CCN(c2ccccc2)CC1. The summed E-state index contributed by atoms with van der Waals surface area (Å²) in [6.45, 7) is 5.40. The van der Waals surface area contributed by atoms with Crippen LogP contribution in [0.1, 0.15) is 19.8 Å². The maximum Gasteiger partial charge on any atom is 0.0869 e. The van der Waals surface area contributed by atoms with E-state index in [0.29, 0.717) is 19.1 Å². The molecule has 1 aliphatic rings. The van der Waals surface area contributed by atoms with E-state index in [1.54, 1.807) is 0 Å². The molecule has 1 saturated heterocycles. The molecule has 1 unspecified atom stereocenters. The van der Waals surface area contributed by atoms with Gasteiger partial charge >= 0.3 is 0 Å². The van der Waals surface area contributed by atoms with Crippen molar-refractivity contribution < 1.29 is 5.11 Å². The van der Waals surface area contributed by atoms with Gasteiger partial charge in [-0.25, -0.2) is 0 Å². The first-order valence-electron chi connectivity index (χ1n) is 7.87. The van der Waals surface area contributed by atoms with Gasteiger partial charge in [0.15, 0.2) is 0 Å². The number of rotatable bonds is 6. The molecule has 0 saturated carbocycles. The molecular formula is C17H29N3O. The van der Waals surface area contributed by atoms with E-state index in [-0.39, 0.29) is 0 Å². The van der Waals surface area contributed by atoms with E-state index in [4.69, 9.17) is 0 Å². The van der Waals surface area contributed by atoms with E-state index in [9.17, 15) is 5.11 Å². The van der Waals surface area contributed by atoms with Crippen molar-refractivity contribution in [3.63, 3.8) is 0 Å². The van der Waals surface area contributed by atoms with Gasteiger partial charge in [-0.05, 0) is 46.0 Å². The molecule has 0 radical (unpaired) electrons. The van der Waals surface area contributed by atoms with E-state index >= 15 is 0 Å². The predicted molar refractivity (Wildman–Crippen MR) is 88.9 cm³/mol. The van der Waals surface area contributed by atoms with Crippen molar-refractivity contribution >= 4 is 5.69 Å². The fourth-order valence-corrected chi connectivity index (χ4v) is 3.08. The summed E-state index contributed by atoms with van der Waals surface area (Å²) in [7, 11) is 3.99. The largest absolute Gasteiger partial charge is 0.388 e. The van der Waals surface area contributed by atoms with Gasteiger partial charge in [0.25, 0.3) is 0 Å². The number of nitrogens with one attached hydrogen (secondary N) is 1. The van der Waals surface area contributed by atoms with E-state index in [0.717, 1.165) is 25.9 Å². The number of nitrogens with zero attached hydrogens (tertiary/aromatic N) is 2. The summed E-state index contributed by atoms with van der Waals surface area (Å²) in [4.78, 5) is 4.47. The Hall–Kier alpha value is -1.10. The maximum atomic E-state index is 10.3. The number of likely N-dealkylation sites (N-methyl/N-ethyl adjacent to an activating group) is 1. The zero-order valence-electron chi connectivity index (χ0n) is 13.5. The quantitative estimate of drug-likeness (QED) is 0.834. The van der Waals surface area contributed by atoms with Gasteiger partial charge in [-0.15, -0.1) is 0 Å². The van der Waals surface area contributed by atoms with Gasteiger partial charge in [0.05, 0.1) is 5.60 Å². The molecule has 1 aromatic carbocycles. The lowest BCUT2D eigenvalue weighted by Gasteiger charge is -2.36. The summed E-state index contributed by atoms with van der Waals surface area (Å²) < 4.78 is 0. The summed E-state index contributed by atoms with van der Waals surface area (Å²) in [6, 6.07) is 11.1. The lowest BCUT2D eigenvalue weighted by Crippen LogP contribution is -2.50. The molecule has 1 heterocycles. The number of hydrogen-bond acceptors (Lipinski definition) is 4. The smallest absolute Gasteiger partial charge is 0.0869 e. The number of benzene rings is 1. The molecule has 0 aliphatic carbocycles. The Kier molecular flexibility index (Phi) is 5.62. The monoisotopic (exact) mass is 291 g/mol. The second-order valence-corrected chi connectivity index (χ2v) is 6.71. The molecule has 0 spiro atoms. The van der Waals surface area contributed by atoms with Crippen molar-refractivity contribution in [2.45, 2.75) is 31.4 Å². The highest BCUT2D eigenvalue weighted by atomic mass is 16.3. The van der Waals surface area contributed by atoms with Gasteiger partial charge in [0, 0.05) is 37.9 Å². The van der Waals surface area contributed by atoms with Crippen LogP contribution >= 0.6 is 0 Å². The molecule has 0 amide bonds. The Morgan fingerprint density at radius 1 is 1.24 bits per heavy atom. The third-order valence-corrected chi connectivity index (χ3v) is 4.04. The van der Waals surface area contributed by atoms with Crippen LogP contribution in [0.2, 0.25) is 0 Å². The van der Waals surface area contributed by atoms with Crippen LogP contribution in [0.5, 0.6) is 0 Å². The van der Waals surface area contributed by atoms with E-state index in [1.165, 1.54) is 5.69 Å². The number of hydrogen-bond donors (Lipinski definition) is 2. The van der Waals surface area contributed by atoms with Gasteiger partial charge < -0.3 is 20.2 Å². The van der Waals surface area contributed by atoms with Gasteiger partial charge in [0.1, 0.15) is 0 Å². The molecule has 2 rings (SSSR count). The van der Waals surface area contributed by atoms with Crippen LogP contribution in [-0.2, 0) is 0 Å². The molecule has 1 fully saturated rings. The molecule has 1 atom stereocenters. The van der Waals surface area contributed by atoms with Crippen LogP contribution in [0.25, 0.3) is 0 Å². The van der Waals surface area contributed by atoms with Crippen LogP contribution in [0, 0.1) is 0 Å². The minimum absolute atomic E-state index is 0.513. The second-order valence-electron chi connectivity index (χ2n) is 6.71. The second kappa shape index (κ2) is 7.25. The Morgan fingerprint density at radius 3 is 2.43 bits per heavy atom. The molecule has 21 heavy (non-hydrogen) atoms. The minimum Gasteiger partial charge on any atom is -0.388 e. The molecule has 0 bridgehead atoms. The topological polar surface area (TPSA) is 38.7 Å². The highest BCUT2D eigenvalue weighted by molar-refractivity contribution is 5.46. The number of aliphatic hydroxyl groups is 1. The zero-order valence-corrected chi connectivity index (χ0v) is 13.5. The van der Waals surface area contributed by atoms with E-state index < -0.39 is 5.60 Å². The first kappa shape index (κ1) is 16.3. The fourth-order valence-electron chi connectivity index (χ4n) is 3.08. The molecule has 4 heteroatoms. The molecule has 2 N–H and O–H groups in total. The van der Waals surface area contributed by atoms with Crippen molar-refractivity contribution in [2.24, 2.45) is 0 Å². The van der Waals surface area contributed by atoms with Crippen molar-refractivity contribution in [1.29, 1.82) is 0 Å². The third kappa shape index (κ3) is 5.30. The summed E-state index contributed by atoms with van der Waals surface area (Å²) in [6.07, 6.45) is 2.26. The first-order chi connectivity index (χ1) is 9.96. The minimum atomic E-state index is -0.667. The van der Waals surface area contributed by atoms with Crippen molar-refractivity contribution in [1.82, 2.24) is 10.2 Å². The average Bonchev–Trinajstić information content (AvgIpc) is 2.45. The molecule has 118 valence electrons. The lowest BCUT2D eigenvalue weighted by molar-refractivity contribution is 0.0306. The van der Waals surface area contributed by atoms with Crippen LogP contribution < -0.4 is 10.2 Å². The maximum absolute atomic E-state index is 10.3. The van der Waals surface area contributed by atoms with Crippen molar-refractivity contribution in [2.75, 3.05) is 45.2 Å². The number of anilines is 1. The molecule has 1 aliphatic heterocycles. The molecular weight excluding hydrogens is 262 g/mol. The summed E-state index contributed by atoms with van der Waals surface area (Å²) in [5, 5.41) is 13.9. The highest BCUT2D eigenvalue weighted by Gasteiger charge is 2.24.